The van der Waals surface area contributed by atoms with E-state index in [1.807, 2.05) is 19.1 Å². The second-order valence-corrected chi connectivity index (χ2v) is 4.59. The highest BCUT2D eigenvalue weighted by atomic mass is 35.5. The molecule has 0 aliphatic rings. The van der Waals surface area contributed by atoms with E-state index in [1.54, 1.807) is 19.1 Å². The third kappa shape index (κ3) is 3.79. The molecule has 1 unspecified atom stereocenters. The van der Waals surface area contributed by atoms with Crippen molar-refractivity contribution in [1.82, 2.24) is 5.01 Å². The van der Waals surface area contributed by atoms with Crippen LogP contribution < -0.4 is 17.3 Å². The third-order valence-corrected chi connectivity index (χ3v) is 3.07. The molecule has 0 aliphatic heterocycles. The molecule has 0 aromatic heterocycles. The summed E-state index contributed by atoms with van der Waals surface area (Å²) in [5.41, 5.74) is 12.1. The van der Waals surface area contributed by atoms with Gasteiger partial charge in [-0.15, -0.1) is 0 Å². The van der Waals surface area contributed by atoms with Crippen LogP contribution in [0.15, 0.2) is 35.8 Å². The van der Waals surface area contributed by atoms with Crippen LogP contribution >= 0.6 is 11.6 Å². The highest BCUT2D eigenvalue weighted by molar-refractivity contribution is 6.30. The number of benzene rings is 1. The van der Waals surface area contributed by atoms with Gasteiger partial charge in [-0.2, -0.15) is 0 Å². The first-order valence-corrected chi connectivity index (χ1v) is 6.48. The van der Waals surface area contributed by atoms with Gasteiger partial charge in [0.05, 0.1) is 12.6 Å². The second-order valence-electron chi connectivity index (χ2n) is 4.15. The number of carbonyl (C=O) groups is 1. The van der Waals surface area contributed by atoms with E-state index < -0.39 is 5.97 Å². The fraction of sp³-hybridized carbons (Fsp3) is 0.308. The van der Waals surface area contributed by atoms with Crippen LogP contribution in [0.5, 0.6) is 0 Å². The maximum atomic E-state index is 11.5. The second kappa shape index (κ2) is 7.02. The van der Waals surface area contributed by atoms with Gasteiger partial charge < -0.3 is 16.2 Å². The van der Waals surface area contributed by atoms with Crippen molar-refractivity contribution in [3.05, 3.63) is 46.4 Å². The number of hydrogen-bond acceptors (Lipinski definition) is 6. The Labute approximate surface area is 123 Å². The molecule has 0 aliphatic carbocycles. The Bertz CT molecular complexity index is 502. The topological polar surface area (TPSA) is 108 Å². The predicted octanol–water partition coefficient (Wildman–Crippen LogP) is 1.23. The summed E-state index contributed by atoms with van der Waals surface area (Å²) < 4.78 is 4.77. The minimum atomic E-state index is -0.691. The Morgan fingerprint density at radius 2 is 1.90 bits per heavy atom. The summed E-state index contributed by atoms with van der Waals surface area (Å²) in [7, 11) is 0. The summed E-state index contributed by atoms with van der Waals surface area (Å²) in [6.45, 7) is 3.72. The number of esters is 1. The van der Waals surface area contributed by atoms with Crippen LogP contribution in [0.2, 0.25) is 5.02 Å². The highest BCUT2D eigenvalue weighted by Gasteiger charge is 2.19. The summed E-state index contributed by atoms with van der Waals surface area (Å²) in [6.07, 6.45) is 0. The average Bonchev–Trinajstić information content (AvgIpc) is 2.45. The molecule has 0 amide bonds. The predicted molar refractivity (Wildman–Crippen MR) is 77.9 cm³/mol. The molecule has 6 N–H and O–H groups in total. The van der Waals surface area contributed by atoms with Crippen LogP contribution in [0.1, 0.15) is 25.5 Å². The minimum Gasteiger partial charge on any atom is -0.461 e. The van der Waals surface area contributed by atoms with E-state index in [9.17, 15) is 4.79 Å². The standard InChI is InChI=1S/C13H19ClN4O2/c1-3-20-13(19)11(15)12(16)18(17)8(2)9-4-6-10(14)7-5-9/h4-8H,3,15-17H2,1-2H3/b12-11-. The van der Waals surface area contributed by atoms with E-state index in [0.717, 1.165) is 5.56 Å². The van der Waals surface area contributed by atoms with E-state index in [1.165, 1.54) is 5.01 Å². The van der Waals surface area contributed by atoms with Gasteiger partial charge in [0, 0.05) is 5.02 Å². The molecule has 6 nitrogen and oxygen atoms in total. The molecule has 0 saturated carbocycles. The van der Waals surface area contributed by atoms with Gasteiger partial charge >= 0.3 is 5.97 Å². The zero-order valence-corrected chi connectivity index (χ0v) is 12.2. The normalized spacial score (nSPS) is 13.4. The number of hydrazine groups is 1. The van der Waals surface area contributed by atoms with Crippen molar-refractivity contribution in [1.29, 1.82) is 0 Å². The lowest BCUT2D eigenvalue weighted by atomic mass is 10.1. The Morgan fingerprint density at radius 1 is 1.35 bits per heavy atom. The van der Waals surface area contributed by atoms with Crippen LogP contribution in [-0.2, 0) is 9.53 Å². The Morgan fingerprint density at radius 3 is 2.40 bits per heavy atom. The Hall–Kier alpha value is -1.92. The van der Waals surface area contributed by atoms with Gasteiger partial charge in [-0.25, -0.2) is 10.6 Å². The minimum absolute atomic E-state index is 0.0362. The van der Waals surface area contributed by atoms with E-state index in [-0.39, 0.29) is 24.2 Å². The largest absolute Gasteiger partial charge is 0.461 e. The quantitative estimate of drug-likeness (QED) is 0.326. The van der Waals surface area contributed by atoms with Crippen molar-refractivity contribution in [2.75, 3.05) is 6.61 Å². The maximum Gasteiger partial charge on any atom is 0.358 e. The average molecular weight is 299 g/mol. The molecular weight excluding hydrogens is 280 g/mol. The molecule has 1 aromatic carbocycles. The molecule has 0 saturated heterocycles. The lowest BCUT2D eigenvalue weighted by molar-refractivity contribution is -0.138. The molecule has 7 heteroatoms. The Balaban J connectivity index is 2.92. The van der Waals surface area contributed by atoms with E-state index in [0.29, 0.717) is 5.02 Å². The fourth-order valence-corrected chi connectivity index (χ4v) is 1.69. The van der Waals surface area contributed by atoms with Crippen molar-refractivity contribution >= 4 is 17.6 Å². The molecule has 0 heterocycles. The van der Waals surface area contributed by atoms with Crippen molar-refractivity contribution < 1.29 is 9.53 Å². The summed E-state index contributed by atoms with van der Waals surface area (Å²) >= 11 is 5.83. The monoisotopic (exact) mass is 298 g/mol. The number of carbonyl (C=O) groups excluding carboxylic acids is 1. The van der Waals surface area contributed by atoms with Crippen molar-refractivity contribution in [2.24, 2.45) is 17.3 Å². The van der Waals surface area contributed by atoms with E-state index in [4.69, 9.17) is 33.6 Å². The number of halogens is 1. The van der Waals surface area contributed by atoms with Crippen LogP contribution in [0, 0.1) is 0 Å². The molecule has 1 rings (SSSR count). The van der Waals surface area contributed by atoms with E-state index in [2.05, 4.69) is 0 Å². The third-order valence-electron chi connectivity index (χ3n) is 2.82. The molecule has 1 aromatic rings. The van der Waals surface area contributed by atoms with Crippen LogP contribution in [0.3, 0.4) is 0 Å². The van der Waals surface area contributed by atoms with Gasteiger partial charge in [0.1, 0.15) is 5.82 Å². The van der Waals surface area contributed by atoms with Gasteiger partial charge in [0.25, 0.3) is 0 Å². The molecular formula is C13H19ClN4O2. The first-order chi connectivity index (χ1) is 9.38. The van der Waals surface area contributed by atoms with Crippen molar-refractivity contribution in [3.8, 4) is 0 Å². The zero-order chi connectivity index (χ0) is 15.3. The molecule has 110 valence electrons. The maximum absolute atomic E-state index is 11.5. The number of hydrogen-bond donors (Lipinski definition) is 3. The molecule has 0 radical (unpaired) electrons. The fourth-order valence-electron chi connectivity index (χ4n) is 1.56. The Kier molecular flexibility index (Phi) is 5.66. The highest BCUT2D eigenvalue weighted by Crippen LogP contribution is 2.21. The van der Waals surface area contributed by atoms with Crippen LogP contribution in [0.25, 0.3) is 0 Å². The number of ether oxygens (including phenoxy) is 1. The van der Waals surface area contributed by atoms with Crippen LogP contribution in [0.4, 0.5) is 0 Å². The van der Waals surface area contributed by atoms with Crippen LogP contribution in [-0.4, -0.2) is 17.6 Å². The van der Waals surface area contributed by atoms with Gasteiger partial charge in [-0.1, -0.05) is 23.7 Å². The number of nitrogens with zero attached hydrogens (tertiary/aromatic N) is 1. The SMILES string of the molecule is CCOC(=O)/C(N)=C(\N)N(N)C(C)c1ccc(Cl)cc1. The van der Waals surface area contributed by atoms with Crippen molar-refractivity contribution in [3.63, 3.8) is 0 Å². The first kappa shape index (κ1) is 16.1. The lowest BCUT2D eigenvalue weighted by Crippen LogP contribution is -2.40. The van der Waals surface area contributed by atoms with E-state index >= 15 is 0 Å². The van der Waals surface area contributed by atoms with Gasteiger partial charge in [-0.3, -0.25) is 5.01 Å². The van der Waals surface area contributed by atoms with Gasteiger partial charge in [0.15, 0.2) is 5.70 Å². The molecule has 0 bridgehead atoms. The summed E-state index contributed by atoms with van der Waals surface area (Å²) in [5, 5.41) is 1.84. The van der Waals surface area contributed by atoms with Crippen molar-refractivity contribution in [2.45, 2.75) is 19.9 Å². The smallest absolute Gasteiger partial charge is 0.358 e. The number of nitrogens with two attached hydrogens (primary N) is 3. The summed E-state index contributed by atoms with van der Waals surface area (Å²) in [4.78, 5) is 11.5. The molecule has 0 fully saturated rings. The number of rotatable bonds is 5. The molecule has 1 atom stereocenters. The molecule has 20 heavy (non-hydrogen) atoms. The van der Waals surface area contributed by atoms with Gasteiger partial charge in [-0.05, 0) is 31.5 Å². The molecule has 0 spiro atoms. The first-order valence-electron chi connectivity index (χ1n) is 6.10. The van der Waals surface area contributed by atoms with Gasteiger partial charge in [0.2, 0.25) is 0 Å². The summed E-state index contributed by atoms with van der Waals surface area (Å²) in [5.74, 6) is 5.17. The zero-order valence-electron chi connectivity index (χ0n) is 11.5. The lowest BCUT2D eigenvalue weighted by Gasteiger charge is -2.27. The summed E-state index contributed by atoms with van der Waals surface area (Å²) in [6, 6.07) is 6.85.